The minimum absolute atomic E-state index is 0.00459. The molecule has 0 radical (unpaired) electrons. The molecular formula is C18H21F6N4O6P. The van der Waals surface area contributed by atoms with Crippen molar-refractivity contribution >= 4 is 7.75 Å². The summed E-state index contributed by atoms with van der Waals surface area (Å²) in [5, 5.41) is 3.56. The molecule has 1 aromatic heterocycles. The molecule has 10 nitrogen and oxygen atoms in total. The van der Waals surface area contributed by atoms with E-state index in [0.717, 1.165) is 0 Å². The Bertz CT molecular complexity index is 1130. The lowest BCUT2D eigenvalue weighted by Crippen LogP contribution is -2.50. The maximum Gasteiger partial charge on any atom is 0.454 e. The van der Waals surface area contributed by atoms with Crippen LogP contribution in [-0.4, -0.2) is 54.7 Å². The number of aromatic amines is 1. The molecule has 1 aliphatic rings. The minimum atomic E-state index is -5.01. The van der Waals surface area contributed by atoms with Gasteiger partial charge in [-0.25, -0.2) is 9.36 Å². The number of aromatic nitrogens is 3. The molecule has 17 heteroatoms. The monoisotopic (exact) mass is 534 g/mol. The number of halogens is 6. The van der Waals surface area contributed by atoms with Crippen LogP contribution in [0.5, 0.6) is 0 Å². The molecule has 1 aromatic carbocycles. The van der Waals surface area contributed by atoms with Gasteiger partial charge in [-0.2, -0.15) is 26.3 Å². The molecule has 1 aliphatic heterocycles. The second kappa shape index (κ2) is 9.67. The highest BCUT2D eigenvalue weighted by Crippen LogP contribution is 2.38. The maximum atomic E-state index is 13.2. The third-order valence-corrected chi connectivity index (χ3v) is 6.06. The van der Waals surface area contributed by atoms with Crippen LogP contribution in [0.4, 0.5) is 26.3 Å². The van der Waals surface area contributed by atoms with Gasteiger partial charge in [-0.05, 0) is 37.6 Å². The van der Waals surface area contributed by atoms with Gasteiger partial charge in [-0.15, -0.1) is 9.55 Å². The average Bonchev–Trinajstić information content (AvgIpc) is 3.10. The number of nitrogens with one attached hydrogen (secondary N) is 1. The first-order valence-corrected chi connectivity index (χ1v) is 11.6. The first-order chi connectivity index (χ1) is 16.0. The van der Waals surface area contributed by atoms with E-state index < -0.39 is 55.4 Å². The number of rotatable bonds is 6. The highest BCUT2D eigenvalue weighted by atomic mass is 31.2. The van der Waals surface area contributed by atoms with Crippen molar-refractivity contribution in [1.82, 2.24) is 19.4 Å². The molecule has 0 unspecified atom stereocenters. The van der Waals surface area contributed by atoms with Crippen LogP contribution in [0.3, 0.4) is 0 Å². The van der Waals surface area contributed by atoms with Crippen LogP contribution < -0.4 is 5.69 Å². The number of morpholine rings is 1. The molecule has 0 saturated carbocycles. The summed E-state index contributed by atoms with van der Waals surface area (Å²) in [5.74, 6) is -0.0772. The first-order valence-electron chi connectivity index (χ1n) is 10.0. The molecule has 3 atom stereocenters. The lowest BCUT2D eigenvalue weighted by atomic mass is 10.0. The lowest BCUT2D eigenvalue weighted by Gasteiger charge is -2.39. The zero-order valence-electron chi connectivity index (χ0n) is 18.2. The molecule has 3 rings (SSSR count). The van der Waals surface area contributed by atoms with Gasteiger partial charge < -0.3 is 19.3 Å². The molecule has 2 heterocycles. The van der Waals surface area contributed by atoms with Crippen molar-refractivity contribution in [2.24, 2.45) is 0 Å². The Balaban J connectivity index is 1.78. The van der Waals surface area contributed by atoms with Gasteiger partial charge in [0.05, 0.1) is 36.4 Å². The second-order valence-electron chi connectivity index (χ2n) is 7.85. The smallest absolute Gasteiger partial charge is 0.350 e. The normalized spacial score (nSPS) is 21.3. The largest absolute Gasteiger partial charge is 0.454 e. The Kier molecular flexibility index (Phi) is 7.56. The highest BCUT2D eigenvalue weighted by molar-refractivity contribution is 7.49. The van der Waals surface area contributed by atoms with Crippen molar-refractivity contribution in [3.8, 4) is 0 Å². The zero-order valence-corrected chi connectivity index (χ0v) is 19.1. The van der Waals surface area contributed by atoms with E-state index >= 15 is 0 Å². The summed E-state index contributed by atoms with van der Waals surface area (Å²) in [5.41, 5.74) is -4.42. The predicted molar refractivity (Wildman–Crippen MR) is 106 cm³/mol. The summed E-state index contributed by atoms with van der Waals surface area (Å²) in [6.07, 6.45) is -12.3. The van der Waals surface area contributed by atoms with Gasteiger partial charge in [0.25, 0.3) is 0 Å². The van der Waals surface area contributed by atoms with Crippen LogP contribution in [0.25, 0.3) is 0 Å². The van der Waals surface area contributed by atoms with Gasteiger partial charge in [-0.1, -0.05) is 0 Å². The van der Waals surface area contributed by atoms with E-state index in [4.69, 9.17) is 19.3 Å². The quantitative estimate of drug-likeness (QED) is 0.381. The topological polar surface area (TPSA) is 130 Å². The van der Waals surface area contributed by atoms with Gasteiger partial charge in [0.15, 0.2) is 6.29 Å². The van der Waals surface area contributed by atoms with Gasteiger partial charge in [0, 0.05) is 6.54 Å². The zero-order chi connectivity index (χ0) is 26.3. The molecule has 0 amide bonds. The van der Waals surface area contributed by atoms with Crippen LogP contribution in [0.15, 0.2) is 23.0 Å². The number of ether oxygens (including phenoxy) is 2. The van der Waals surface area contributed by atoms with Crippen LogP contribution in [0.2, 0.25) is 0 Å². The van der Waals surface area contributed by atoms with E-state index in [1.807, 2.05) is 0 Å². The van der Waals surface area contributed by atoms with E-state index in [0.29, 0.717) is 12.1 Å². The lowest BCUT2D eigenvalue weighted by molar-refractivity contribution is -0.225. The molecule has 1 saturated heterocycles. The van der Waals surface area contributed by atoms with Crippen LogP contribution in [-0.2, 0) is 32.9 Å². The van der Waals surface area contributed by atoms with Crippen molar-refractivity contribution in [3.05, 3.63) is 51.2 Å². The summed E-state index contributed by atoms with van der Waals surface area (Å²) in [6, 6.07) is 0.549. The summed E-state index contributed by atoms with van der Waals surface area (Å²) in [4.78, 5) is 33.8. The molecule has 2 aromatic rings. The van der Waals surface area contributed by atoms with Crippen molar-refractivity contribution < 1.29 is 50.2 Å². The van der Waals surface area contributed by atoms with Crippen molar-refractivity contribution in [3.63, 3.8) is 0 Å². The number of benzene rings is 1. The Morgan fingerprint density at radius 1 is 1.20 bits per heavy atom. The fourth-order valence-electron chi connectivity index (χ4n) is 3.47. The summed E-state index contributed by atoms with van der Waals surface area (Å²) < 4.78 is 101. The van der Waals surface area contributed by atoms with E-state index in [1.54, 1.807) is 11.8 Å². The molecule has 1 fully saturated rings. The number of alkyl halides is 6. The van der Waals surface area contributed by atoms with Gasteiger partial charge in [0.1, 0.15) is 5.82 Å². The van der Waals surface area contributed by atoms with E-state index in [1.165, 1.54) is 6.92 Å². The second-order valence-corrected chi connectivity index (χ2v) is 9.25. The third kappa shape index (κ3) is 6.51. The first kappa shape index (κ1) is 27.4. The molecule has 35 heavy (non-hydrogen) atoms. The number of hydrogen-bond donors (Lipinski definition) is 3. The standard InChI is InChI=1S/C18H21F6N4O6P/c1-9-15(33-4-3-27(9)8-14-25-16(29)28(26-14)35(30,31)32)34-10(2)11-5-12(17(19,20)21)7-13(6-11)18(22,23)24/h5-7,9-10,15H,3-4,8H2,1-2H3,(H,25,26,29)(H2,30,31,32)/t9-,10+,15+/m0/s1. The van der Waals surface area contributed by atoms with Gasteiger partial charge in [0.2, 0.25) is 0 Å². The van der Waals surface area contributed by atoms with E-state index in [2.05, 4.69) is 10.1 Å². The number of nitrogens with zero attached hydrogens (tertiary/aromatic N) is 3. The maximum absolute atomic E-state index is 13.2. The number of hydrogen-bond acceptors (Lipinski definition) is 6. The van der Waals surface area contributed by atoms with Gasteiger partial charge in [-0.3, -0.25) is 9.88 Å². The van der Waals surface area contributed by atoms with Crippen molar-refractivity contribution in [2.75, 3.05) is 13.2 Å². The SMILES string of the molecule is C[C@@H](O[C@H]1OCCN(Cc2nn(P(=O)(O)O)c(=O)[nH]2)[C@H]1C)c1cc(C(F)(F)F)cc(C(F)(F)F)c1. The molecule has 0 bridgehead atoms. The van der Waals surface area contributed by atoms with Gasteiger partial charge >= 0.3 is 25.8 Å². The fraction of sp³-hybridized carbons (Fsp3) is 0.556. The Morgan fingerprint density at radius 2 is 1.77 bits per heavy atom. The molecule has 0 aliphatic carbocycles. The minimum Gasteiger partial charge on any atom is -0.350 e. The van der Waals surface area contributed by atoms with E-state index in [-0.39, 0.29) is 41.6 Å². The Morgan fingerprint density at radius 3 is 2.26 bits per heavy atom. The summed E-state index contributed by atoms with van der Waals surface area (Å²) in [7, 11) is -4.97. The highest BCUT2D eigenvalue weighted by Gasteiger charge is 2.38. The Labute approximate surface area is 193 Å². The third-order valence-electron chi connectivity index (χ3n) is 5.30. The summed E-state index contributed by atoms with van der Waals surface area (Å²) >= 11 is 0. The van der Waals surface area contributed by atoms with Crippen molar-refractivity contribution in [2.45, 2.75) is 51.2 Å². The molecular weight excluding hydrogens is 513 g/mol. The van der Waals surface area contributed by atoms with E-state index in [9.17, 15) is 35.7 Å². The Hall–Kier alpha value is -2.23. The molecule has 3 N–H and O–H groups in total. The van der Waals surface area contributed by atoms with Crippen LogP contribution >= 0.6 is 7.75 Å². The van der Waals surface area contributed by atoms with Crippen LogP contribution in [0, 0.1) is 0 Å². The molecule has 0 spiro atoms. The summed E-state index contributed by atoms with van der Waals surface area (Å²) in [6.45, 7) is 3.11. The van der Waals surface area contributed by atoms with Crippen LogP contribution in [0.1, 0.15) is 42.5 Å². The van der Waals surface area contributed by atoms with Crippen molar-refractivity contribution in [1.29, 1.82) is 0 Å². The molecule has 196 valence electrons. The fourth-order valence-corrected chi connectivity index (χ4v) is 3.98. The number of H-pyrrole nitrogens is 1. The average molecular weight is 534 g/mol. The predicted octanol–water partition coefficient (Wildman–Crippen LogP) is 2.87.